The predicted molar refractivity (Wildman–Crippen MR) is 108 cm³/mol. The molecule has 4 rings (SSSR count). The molecular formula is C22H17F3N4O3. The number of fused-ring (bicyclic) bond motifs is 1. The Balaban J connectivity index is 1.94. The molecular weight excluding hydrogens is 425 g/mol. The molecule has 0 saturated heterocycles. The fourth-order valence-corrected chi connectivity index (χ4v) is 3.87. The minimum Gasteiger partial charge on any atom is -0.465 e. The summed E-state index contributed by atoms with van der Waals surface area (Å²) in [4.78, 5) is 38.4. The summed E-state index contributed by atoms with van der Waals surface area (Å²) in [5, 5.41) is 0. The normalized spacial score (nSPS) is 14.9. The number of rotatable bonds is 3. The Labute approximate surface area is 180 Å². The molecule has 0 spiro atoms. The first-order valence-electron chi connectivity index (χ1n) is 9.47. The van der Waals surface area contributed by atoms with Crippen molar-refractivity contribution >= 4 is 23.4 Å². The van der Waals surface area contributed by atoms with Crippen molar-refractivity contribution in [1.29, 1.82) is 0 Å². The number of aromatic nitrogens is 3. The zero-order valence-electron chi connectivity index (χ0n) is 17.3. The number of esters is 1. The summed E-state index contributed by atoms with van der Waals surface area (Å²) in [5.41, 5.74) is -1.21. The van der Waals surface area contributed by atoms with Crippen LogP contribution in [-0.2, 0) is 21.1 Å². The van der Waals surface area contributed by atoms with Gasteiger partial charge in [-0.25, -0.2) is 14.8 Å². The number of hydrogen-bond donors (Lipinski definition) is 0. The molecule has 0 bridgehead atoms. The highest BCUT2D eigenvalue weighted by molar-refractivity contribution is 6.13. The van der Waals surface area contributed by atoms with Crippen LogP contribution in [-0.4, -0.2) is 33.9 Å². The molecule has 3 aromatic rings. The van der Waals surface area contributed by atoms with Crippen molar-refractivity contribution in [2.24, 2.45) is 0 Å². The van der Waals surface area contributed by atoms with Crippen LogP contribution >= 0.6 is 0 Å². The Bertz CT molecular complexity index is 1230. The Morgan fingerprint density at radius 1 is 1.16 bits per heavy atom. The molecule has 0 fully saturated rings. The van der Waals surface area contributed by atoms with Gasteiger partial charge in [0.05, 0.1) is 23.8 Å². The van der Waals surface area contributed by atoms with E-state index in [-0.39, 0.29) is 11.5 Å². The third kappa shape index (κ3) is 3.28. The largest absolute Gasteiger partial charge is 0.465 e. The number of methoxy groups -OCH3 is 1. The van der Waals surface area contributed by atoms with Crippen LogP contribution in [0.4, 0.5) is 24.7 Å². The van der Waals surface area contributed by atoms with Gasteiger partial charge in [-0.15, -0.1) is 0 Å². The molecule has 0 saturated carbocycles. The fraction of sp³-hybridized carbons (Fsp3) is 0.227. The summed E-state index contributed by atoms with van der Waals surface area (Å²) < 4.78 is 44.7. The Morgan fingerprint density at radius 2 is 1.91 bits per heavy atom. The Kier molecular flexibility index (Phi) is 4.95. The molecule has 0 N–H and O–H groups in total. The van der Waals surface area contributed by atoms with Gasteiger partial charge in [-0.2, -0.15) is 13.2 Å². The second-order valence-electron chi connectivity index (χ2n) is 7.64. The summed E-state index contributed by atoms with van der Waals surface area (Å²) >= 11 is 0. The number of amides is 1. The Morgan fingerprint density at radius 3 is 2.53 bits per heavy atom. The Hall–Kier alpha value is -3.82. The molecule has 3 heterocycles. The molecule has 2 aromatic heterocycles. The number of anilines is 2. The molecule has 1 amide bonds. The van der Waals surface area contributed by atoms with Crippen LogP contribution in [0.25, 0.3) is 11.1 Å². The maximum absolute atomic E-state index is 13.4. The quantitative estimate of drug-likeness (QED) is 0.563. The molecule has 7 nitrogen and oxygen atoms in total. The first kappa shape index (κ1) is 21.4. The topological polar surface area (TPSA) is 85.3 Å². The summed E-state index contributed by atoms with van der Waals surface area (Å²) in [7, 11) is 0.997. The van der Waals surface area contributed by atoms with Crippen molar-refractivity contribution in [2.75, 3.05) is 12.0 Å². The molecule has 0 atom stereocenters. The molecule has 32 heavy (non-hydrogen) atoms. The van der Waals surface area contributed by atoms with Gasteiger partial charge in [0.25, 0.3) is 0 Å². The number of nitrogens with zero attached hydrogens (tertiary/aromatic N) is 4. The molecule has 10 heteroatoms. The van der Waals surface area contributed by atoms with Crippen molar-refractivity contribution in [1.82, 2.24) is 15.0 Å². The smallest absolute Gasteiger partial charge is 0.434 e. The maximum atomic E-state index is 13.4. The third-order valence-corrected chi connectivity index (χ3v) is 5.31. The number of benzene rings is 1. The van der Waals surface area contributed by atoms with E-state index in [1.807, 2.05) is 0 Å². The SMILES string of the molecule is COC(=O)c1cc(-c2cccc3c2C(C)(C)C(=O)N3c2ccncn2)cnc1C(F)(F)F. The van der Waals surface area contributed by atoms with Gasteiger partial charge in [0, 0.05) is 18.0 Å². The fourth-order valence-electron chi connectivity index (χ4n) is 3.87. The number of carbonyl (C=O) groups excluding carboxylic acids is 2. The number of hydrogen-bond acceptors (Lipinski definition) is 6. The second-order valence-corrected chi connectivity index (χ2v) is 7.64. The van der Waals surface area contributed by atoms with Crippen molar-refractivity contribution in [2.45, 2.75) is 25.4 Å². The number of halogens is 3. The zero-order valence-corrected chi connectivity index (χ0v) is 17.3. The van der Waals surface area contributed by atoms with Crippen LogP contribution in [0, 0.1) is 0 Å². The molecule has 1 aromatic carbocycles. The minimum atomic E-state index is -4.83. The molecule has 1 aliphatic rings. The molecule has 164 valence electrons. The van der Waals surface area contributed by atoms with Crippen molar-refractivity contribution < 1.29 is 27.5 Å². The van der Waals surface area contributed by atoms with Crippen LogP contribution < -0.4 is 4.90 Å². The van der Waals surface area contributed by atoms with Crippen molar-refractivity contribution in [3.05, 3.63) is 65.9 Å². The van der Waals surface area contributed by atoms with Crippen molar-refractivity contribution in [3.8, 4) is 11.1 Å². The lowest BCUT2D eigenvalue weighted by atomic mass is 9.81. The van der Waals surface area contributed by atoms with E-state index < -0.39 is 28.8 Å². The molecule has 0 aliphatic carbocycles. The predicted octanol–water partition coefficient (Wildman–Crippen LogP) is 4.30. The van der Waals surface area contributed by atoms with E-state index in [0.717, 1.165) is 19.4 Å². The highest BCUT2D eigenvalue weighted by Crippen LogP contribution is 2.49. The number of pyridine rings is 1. The lowest BCUT2D eigenvalue weighted by Crippen LogP contribution is -2.33. The average molecular weight is 442 g/mol. The number of alkyl halides is 3. The van der Waals surface area contributed by atoms with Crippen LogP contribution in [0.2, 0.25) is 0 Å². The van der Waals surface area contributed by atoms with Gasteiger partial charge in [-0.05, 0) is 43.2 Å². The van der Waals surface area contributed by atoms with Gasteiger partial charge in [0.2, 0.25) is 5.91 Å². The van der Waals surface area contributed by atoms with Gasteiger partial charge >= 0.3 is 12.1 Å². The number of carbonyl (C=O) groups is 2. The monoisotopic (exact) mass is 442 g/mol. The van der Waals surface area contributed by atoms with Crippen LogP contribution in [0.3, 0.4) is 0 Å². The summed E-state index contributed by atoms with van der Waals surface area (Å²) in [6.07, 6.45) is -0.967. The maximum Gasteiger partial charge on any atom is 0.434 e. The third-order valence-electron chi connectivity index (χ3n) is 5.31. The van der Waals surface area contributed by atoms with E-state index in [1.54, 1.807) is 38.1 Å². The van der Waals surface area contributed by atoms with Gasteiger partial charge < -0.3 is 4.74 Å². The van der Waals surface area contributed by atoms with Crippen molar-refractivity contribution in [3.63, 3.8) is 0 Å². The highest BCUT2D eigenvalue weighted by atomic mass is 19.4. The van der Waals surface area contributed by atoms with E-state index in [2.05, 4.69) is 19.7 Å². The minimum absolute atomic E-state index is 0.251. The first-order chi connectivity index (χ1) is 15.1. The van der Waals surface area contributed by atoms with E-state index in [9.17, 15) is 22.8 Å². The molecule has 0 unspecified atom stereocenters. The summed E-state index contributed by atoms with van der Waals surface area (Å²) in [6.45, 7) is 3.44. The van der Waals surface area contributed by atoms with Crippen LogP contribution in [0.1, 0.15) is 35.5 Å². The van der Waals surface area contributed by atoms with E-state index in [4.69, 9.17) is 0 Å². The van der Waals surface area contributed by atoms with Gasteiger partial charge in [0.15, 0.2) is 5.69 Å². The van der Waals surface area contributed by atoms with Gasteiger partial charge in [-0.1, -0.05) is 12.1 Å². The highest BCUT2D eigenvalue weighted by Gasteiger charge is 2.47. The van der Waals surface area contributed by atoms with Crippen LogP contribution in [0.5, 0.6) is 0 Å². The van der Waals surface area contributed by atoms with Crippen LogP contribution in [0.15, 0.2) is 49.1 Å². The lowest BCUT2D eigenvalue weighted by Gasteiger charge is -2.20. The van der Waals surface area contributed by atoms with Gasteiger partial charge in [-0.3, -0.25) is 14.7 Å². The summed E-state index contributed by atoms with van der Waals surface area (Å²) in [5.74, 6) is -1.04. The van der Waals surface area contributed by atoms with E-state index in [0.29, 0.717) is 22.6 Å². The lowest BCUT2D eigenvalue weighted by molar-refractivity contribution is -0.141. The average Bonchev–Trinajstić information content (AvgIpc) is 2.98. The standard InChI is InChI=1S/C22H17F3N4O3/c1-21(2)17-13(12-9-14(19(30)32-3)18(27-10-12)22(23,24)25)5-4-6-15(17)29(20(21)31)16-7-8-26-11-28-16/h4-11H,1-3H3. The second kappa shape index (κ2) is 7.40. The van der Waals surface area contributed by atoms with E-state index in [1.165, 1.54) is 17.4 Å². The number of ether oxygens (including phenoxy) is 1. The molecule has 1 aliphatic heterocycles. The van der Waals surface area contributed by atoms with Gasteiger partial charge in [0.1, 0.15) is 12.1 Å². The molecule has 0 radical (unpaired) electrons. The zero-order chi connectivity index (χ0) is 23.3. The summed E-state index contributed by atoms with van der Waals surface area (Å²) in [6, 6.07) is 7.75. The van der Waals surface area contributed by atoms with E-state index >= 15 is 0 Å². The first-order valence-corrected chi connectivity index (χ1v) is 9.47.